The molecular formula is C19H22N6O2. The van der Waals surface area contributed by atoms with E-state index in [0.29, 0.717) is 23.3 Å². The summed E-state index contributed by atoms with van der Waals surface area (Å²) in [4.78, 5) is 23.5. The summed E-state index contributed by atoms with van der Waals surface area (Å²) in [6, 6.07) is 3.79. The molecule has 5 rings (SSSR count). The van der Waals surface area contributed by atoms with E-state index in [1.807, 2.05) is 22.9 Å². The Morgan fingerprint density at radius 2 is 2.22 bits per heavy atom. The van der Waals surface area contributed by atoms with Crippen LogP contribution in [0.1, 0.15) is 47.6 Å². The van der Waals surface area contributed by atoms with Gasteiger partial charge >= 0.3 is 0 Å². The largest absolute Gasteiger partial charge is 0.360 e. The molecule has 27 heavy (non-hydrogen) atoms. The monoisotopic (exact) mass is 366 g/mol. The lowest BCUT2D eigenvalue weighted by molar-refractivity contribution is 0.0922. The number of hydrogen-bond acceptors (Lipinski definition) is 6. The van der Waals surface area contributed by atoms with E-state index in [1.54, 1.807) is 12.3 Å². The molecule has 1 aliphatic heterocycles. The van der Waals surface area contributed by atoms with E-state index in [-0.39, 0.29) is 11.9 Å². The average molecular weight is 366 g/mol. The first-order chi connectivity index (χ1) is 13.2. The number of carbonyl (C=O) groups excluding carboxylic acids is 1. The molecule has 0 spiro atoms. The van der Waals surface area contributed by atoms with Gasteiger partial charge in [0.1, 0.15) is 5.76 Å². The zero-order valence-corrected chi connectivity index (χ0v) is 15.2. The zero-order valence-electron chi connectivity index (χ0n) is 15.2. The van der Waals surface area contributed by atoms with E-state index in [4.69, 9.17) is 4.52 Å². The standard InChI is InChI=1S/C19H22N6O2/c1-12-9-24(10-14-8-21-19-20-5-2-6-25(14)19)11-16(12)22-18(26)15-7-17(27-23-15)13-3-4-13/h2,5-8,12-13,16H,3-4,9-11H2,1H3,(H,22,26)/t12-,16+/m1/s1. The van der Waals surface area contributed by atoms with Crippen LogP contribution in [0.5, 0.6) is 0 Å². The van der Waals surface area contributed by atoms with Gasteiger partial charge in [-0.05, 0) is 24.8 Å². The highest BCUT2D eigenvalue weighted by Gasteiger charge is 2.33. The highest BCUT2D eigenvalue weighted by atomic mass is 16.5. The molecule has 0 radical (unpaired) electrons. The lowest BCUT2D eigenvalue weighted by Gasteiger charge is -2.16. The van der Waals surface area contributed by atoms with Gasteiger partial charge in [-0.1, -0.05) is 12.1 Å². The average Bonchev–Trinajstić information content (AvgIpc) is 3.11. The van der Waals surface area contributed by atoms with E-state index in [0.717, 1.165) is 43.9 Å². The number of nitrogens with one attached hydrogen (secondary N) is 1. The van der Waals surface area contributed by atoms with Crippen LogP contribution in [-0.2, 0) is 6.54 Å². The van der Waals surface area contributed by atoms with Crippen molar-refractivity contribution in [3.8, 4) is 0 Å². The van der Waals surface area contributed by atoms with E-state index in [1.165, 1.54) is 0 Å². The second kappa shape index (κ2) is 6.45. The number of amides is 1. The molecule has 8 heteroatoms. The Hall–Kier alpha value is -2.74. The zero-order chi connectivity index (χ0) is 18.4. The molecule has 1 N–H and O–H groups in total. The maximum atomic E-state index is 12.5. The summed E-state index contributed by atoms with van der Waals surface area (Å²) in [5.74, 6) is 2.22. The van der Waals surface area contributed by atoms with Crippen LogP contribution >= 0.6 is 0 Å². The Bertz CT molecular complexity index is 975. The van der Waals surface area contributed by atoms with Gasteiger partial charge in [-0.3, -0.25) is 14.1 Å². The van der Waals surface area contributed by atoms with Crippen molar-refractivity contribution in [2.75, 3.05) is 13.1 Å². The predicted octanol–water partition coefficient (Wildman–Crippen LogP) is 1.84. The smallest absolute Gasteiger partial charge is 0.273 e. The highest BCUT2D eigenvalue weighted by molar-refractivity contribution is 5.92. The lowest BCUT2D eigenvalue weighted by atomic mass is 10.1. The number of aromatic nitrogens is 4. The van der Waals surface area contributed by atoms with Gasteiger partial charge in [0.15, 0.2) is 5.69 Å². The van der Waals surface area contributed by atoms with E-state index in [2.05, 4.69) is 32.3 Å². The van der Waals surface area contributed by atoms with Crippen molar-refractivity contribution in [3.05, 3.63) is 47.9 Å². The fourth-order valence-electron chi connectivity index (χ4n) is 3.81. The Balaban J connectivity index is 1.23. The van der Waals surface area contributed by atoms with Gasteiger partial charge in [0, 0.05) is 50.1 Å². The van der Waals surface area contributed by atoms with Gasteiger partial charge in [0.05, 0.1) is 11.9 Å². The fraction of sp³-hybridized carbons (Fsp3) is 0.474. The minimum Gasteiger partial charge on any atom is -0.360 e. The molecule has 3 aromatic rings. The number of rotatable bonds is 5. The quantitative estimate of drug-likeness (QED) is 0.741. The number of fused-ring (bicyclic) bond motifs is 1. The summed E-state index contributed by atoms with van der Waals surface area (Å²) in [6.07, 6.45) is 7.85. The molecule has 1 saturated carbocycles. The van der Waals surface area contributed by atoms with Crippen molar-refractivity contribution < 1.29 is 9.32 Å². The van der Waals surface area contributed by atoms with Crippen molar-refractivity contribution >= 4 is 11.7 Å². The van der Waals surface area contributed by atoms with Crippen LogP contribution in [0.25, 0.3) is 5.78 Å². The summed E-state index contributed by atoms with van der Waals surface area (Å²) in [7, 11) is 0. The van der Waals surface area contributed by atoms with E-state index < -0.39 is 0 Å². The van der Waals surface area contributed by atoms with Gasteiger partial charge in [0.2, 0.25) is 5.78 Å². The van der Waals surface area contributed by atoms with E-state index >= 15 is 0 Å². The maximum Gasteiger partial charge on any atom is 0.273 e. The van der Waals surface area contributed by atoms with Crippen molar-refractivity contribution in [2.24, 2.45) is 5.92 Å². The van der Waals surface area contributed by atoms with Gasteiger partial charge < -0.3 is 9.84 Å². The van der Waals surface area contributed by atoms with Crippen molar-refractivity contribution in [1.82, 2.24) is 29.7 Å². The highest BCUT2D eigenvalue weighted by Crippen LogP contribution is 2.40. The van der Waals surface area contributed by atoms with Crippen LogP contribution in [-0.4, -0.2) is 49.5 Å². The molecule has 1 amide bonds. The SMILES string of the molecule is C[C@@H]1CN(Cc2cnc3ncccn23)C[C@@H]1NC(=O)c1cc(C2CC2)on1. The molecule has 0 unspecified atom stereocenters. The minimum absolute atomic E-state index is 0.0934. The number of carbonyl (C=O) groups is 1. The summed E-state index contributed by atoms with van der Waals surface area (Å²) < 4.78 is 7.30. The van der Waals surface area contributed by atoms with Crippen LogP contribution in [0, 0.1) is 5.92 Å². The molecule has 1 saturated heterocycles. The first-order valence-corrected chi connectivity index (χ1v) is 9.44. The third-order valence-corrected chi connectivity index (χ3v) is 5.50. The Labute approximate surface area is 156 Å². The molecule has 2 fully saturated rings. The minimum atomic E-state index is -0.150. The molecule has 3 aromatic heterocycles. The summed E-state index contributed by atoms with van der Waals surface area (Å²) in [5.41, 5.74) is 1.48. The Morgan fingerprint density at radius 3 is 3.07 bits per heavy atom. The normalized spacial score (nSPS) is 23.1. The number of hydrogen-bond donors (Lipinski definition) is 1. The van der Waals surface area contributed by atoms with Crippen molar-refractivity contribution in [1.29, 1.82) is 0 Å². The molecule has 1 aliphatic carbocycles. The van der Waals surface area contributed by atoms with Gasteiger partial charge in [-0.15, -0.1) is 0 Å². The maximum absolute atomic E-state index is 12.5. The molecule has 8 nitrogen and oxygen atoms in total. The van der Waals surface area contributed by atoms with E-state index in [9.17, 15) is 4.79 Å². The van der Waals surface area contributed by atoms with Crippen LogP contribution in [0.4, 0.5) is 0 Å². The van der Waals surface area contributed by atoms with Crippen molar-refractivity contribution in [3.63, 3.8) is 0 Å². The number of imidazole rings is 1. The fourth-order valence-corrected chi connectivity index (χ4v) is 3.81. The third kappa shape index (κ3) is 3.21. The molecule has 2 aliphatic rings. The number of likely N-dealkylation sites (tertiary alicyclic amines) is 1. The molecule has 140 valence electrons. The van der Waals surface area contributed by atoms with Gasteiger partial charge in [-0.2, -0.15) is 0 Å². The number of nitrogens with zero attached hydrogens (tertiary/aromatic N) is 5. The van der Waals surface area contributed by atoms with Crippen LogP contribution < -0.4 is 5.32 Å². The first-order valence-electron chi connectivity index (χ1n) is 9.44. The predicted molar refractivity (Wildman–Crippen MR) is 97.2 cm³/mol. The summed E-state index contributed by atoms with van der Waals surface area (Å²) in [5, 5.41) is 7.07. The molecule has 4 heterocycles. The lowest BCUT2D eigenvalue weighted by Crippen LogP contribution is -2.40. The third-order valence-electron chi connectivity index (χ3n) is 5.50. The second-order valence-electron chi connectivity index (χ2n) is 7.68. The van der Waals surface area contributed by atoms with Crippen molar-refractivity contribution in [2.45, 2.75) is 38.3 Å². The van der Waals surface area contributed by atoms with Crippen LogP contribution in [0.2, 0.25) is 0 Å². The second-order valence-corrected chi connectivity index (χ2v) is 7.68. The molecule has 0 bridgehead atoms. The topological polar surface area (TPSA) is 88.6 Å². The van der Waals surface area contributed by atoms with Crippen LogP contribution in [0.15, 0.2) is 35.2 Å². The summed E-state index contributed by atoms with van der Waals surface area (Å²) in [6.45, 7) is 4.66. The Kier molecular flexibility index (Phi) is 3.93. The molecule has 2 atom stereocenters. The van der Waals surface area contributed by atoms with Gasteiger partial charge in [0.25, 0.3) is 5.91 Å². The summed E-state index contributed by atoms with van der Waals surface area (Å²) >= 11 is 0. The van der Waals surface area contributed by atoms with Gasteiger partial charge in [-0.25, -0.2) is 9.97 Å². The Morgan fingerprint density at radius 1 is 1.33 bits per heavy atom. The van der Waals surface area contributed by atoms with Crippen LogP contribution in [0.3, 0.4) is 0 Å². The molecular weight excluding hydrogens is 344 g/mol. The first kappa shape index (κ1) is 16.4. The molecule has 0 aromatic carbocycles.